The van der Waals surface area contributed by atoms with E-state index in [0.29, 0.717) is 6.54 Å². The molecule has 0 saturated carbocycles. The third-order valence-electron chi connectivity index (χ3n) is 3.52. The summed E-state index contributed by atoms with van der Waals surface area (Å²) in [5.41, 5.74) is 2.04. The monoisotopic (exact) mass is 257 g/mol. The molecule has 3 rings (SSSR count). The second-order valence-corrected chi connectivity index (χ2v) is 4.69. The number of nitrogens with zero attached hydrogens (tertiary/aromatic N) is 1. The maximum absolute atomic E-state index is 12.4. The maximum atomic E-state index is 12.4. The first-order chi connectivity index (χ1) is 9.22. The van der Waals surface area contributed by atoms with Gasteiger partial charge in [-0.3, -0.25) is 4.79 Å². The van der Waals surface area contributed by atoms with Crippen LogP contribution in [-0.2, 0) is 17.7 Å². The fraction of sp³-hybridized carbons (Fsp3) is 0.333. The normalized spacial score (nSPS) is 13.5. The summed E-state index contributed by atoms with van der Waals surface area (Å²) in [4.78, 5) is 24.2. The van der Waals surface area contributed by atoms with Crippen LogP contribution in [0.3, 0.4) is 0 Å². The largest absolute Gasteiger partial charge is 0.462 e. The molecule has 2 aromatic rings. The highest BCUT2D eigenvalue weighted by Gasteiger charge is 2.20. The Morgan fingerprint density at radius 3 is 3.05 bits per heavy atom. The van der Waals surface area contributed by atoms with Crippen LogP contribution in [0.15, 0.2) is 29.1 Å². The van der Waals surface area contributed by atoms with Gasteiger partial charge in [-0.05, 0) is 36.8 Å². The molecule has 0 aliphatic carbocycles. The molecule has 0 atom stereocenters. The van der Waals surface area contributed by atoms with Crippen LogP contribution in [0.2, 0.25) is 0 Å². The molecule has 0 N–H and O–H groups in total. The van der Waals surface area contributed by atoms with E-state index >= 15 is 0 Å². The van der Waals surface area contributed by atoms with Gasteiger partial charge in [-0.25, -0.2) is 4.79 Å². The fourth-order valence-electron chi connectivity index (χ4n) is 2.72. The second-order valence-electron chi connectivity index (χ2n) is 4.69. The molecule has 0 amide bonds. The van der Waals surface area contributed by atoms with Gasteiger partial charge < -0.3 is 9.30 Å². The number of carbonyl (C=O) groups excluding carboxylic acids is 1. The van der Waals surface area contributed by atoms with Gasteiger partial charge in [-0.1, -0.05) is 18.2 Å². The first-order valence-corrected chi connectivity index (χ1v) is 6.55. The van der Waals surface area contributed by atoms with E-state index in [2.05, 4.69) is 0 Å². The SMILES string of the molecule is CCOC(=O)c1cc2cccc3c2n(c1=O)CCC3. The summed E-state index contributed by atoms with van der Waals surface area (Å²) in [7, 11) is 0. The Bertz CT molecular complexity index is 715. The first-order valence-electron chi connectivity index (χ1n) is 6.55. The van der Waals surface area contributed by atoms with Gasteiger partial charge in [0, 0.05) is 6.54 Å². The van der Waals surface area contributed by atoms with Crippen molar-refractivity contribution in [1.82, 2.24) is 4.57 Å². The molecule has 2 heterocycles. The summed E-state index contributed by atoms with van der Waals surface area (Å²) < 4.78 is 6.66. The van der Waals surface area contributed by atoms with Gasteiger partial charge in [0.05, 0.1) is 12.1 Å². The lowest BCUT2D eigenvalue weighted by atomic mass is 10.00. The number of pyridine rings is 1. The van der Waals surface area contributed by atoms with Crippen LogP contribution in [0.4, 0.5) is 0 Å². The molecule has 0 unspecified atom stereocenters. The van der Waals surface area contributed by atoms with Crippen LogP contribution < -0.4 is 5.56 Å². The van der Waals surface area contributed by atoms with E-state index in [-0.39, 0.29) is 17.7 Å². The summed E-state index contributed by atoms with van der Waals surface area (Å²) >= 11 is 0. The first kappa shape index (κ1) is 12.0. The van der Waals surface area contributed by atoms with Crippen molar-refractivity contribution in [3.05, 3.63) is 45.7 Å². The van der Waals surface area contributed by atoms with E-state index in [1.165, 1.54) is 5.56 Å². The lowest BCUT2D eigenvalue weighted by Gasteiger charge is -2.19. The molecule has 19 heavy (non-hydrogen) atoms. The highest BCUT2D eigenvalue weighted by atomic mass is 16.5. The van der Waals surface area contributed by atoms with Crippen molar-refractivity contribution in [2.75, 3.05) is 6.61 Å². The Labute approximate surface area is 110 Å². The van der Waals surface area contributed by atoms with Gasteiger partial charge in [0.2, 0.25) is 0 Å². The Kier molecular flexibility index (Phi) is 2.85. The number of esters is 1. The molecule has 0 radical (unpaired) electrons. The van der Waals surface area contributed by atoms with Crippen molar-refractivity contribution in [3.63, 3.8) is 0 Å². The van der Waals surface area contributed by atoms with Crippen molar-refractivity contribution >= 4 is 16.9 Å². The van der Waals surface area contributed by atoms with Crippen LogP contribution in [0, 0.1) is 0 Å². The molecule has 98 valence electrons. The summed E-state index contributed by atoms with van der Waals surface area (Å²) in [6, 6.07) is 7.60. The van der Waals surface area contributed by atoms with E-state index in [1.807, 2.05) is 18.2 Å². The number of ether oxygens (including phenoxy) is 1. The Morgan fingerprint density at radius 2 is 2.26 bits per heavy atom. The minimum atomic E-state index is -0.533. The van der Waals surface area contributed by atoms with Crippen molar-refractivity contribution in [3.8, 4) is 0 Å². The fourth-order valence-corrected chi connectivity index (χ4v) is 2.72. The standard InChI is InChI=1S/C15H15NO3/c1-2-19-15(18)12-9-11-6-3-5-10-7-4-8-16(13(10)11)14(12)17/h3,5-6,9H,2,4,7-8H2,1H3. The molecule has 1 aliphatic rings. The Balaban J connectivity index is 2.31. The number of para-hydroxylation sites is 1. The minimum Gasteiger partial charge on any atom is -0.462 e. The number of carbonyl (C=O) groups is 1. The summed E-state index contributed by atoms with van der Waals surface area (Å²) in [6.07, 6.45) is 1.91. The predicted molar refractivity (Wildman–Crippen MR) is 72.5 cm³/mol. The van der Waals surface area contributed by atoms with Gasteiger partial charge in [-0.15, -0.1) is 0 Å². The minimum absolute atomic E-state index is 0.133. The number of aryl methyl sites for hydroxylation is 2. The van der Waals surface area contributed by atoms with Crippen molar-refractivity contribution in [1.29, 1.82) is 0 Å². The van der Waals surface area contributed by atoms with Gasteiger partial charge in [0.25, 0.3) is 5.56 Å². The van der Waals surface area contributed by atoms with Crippen molar-refractivity contribution in [2.45, 2.75) is 26.3 Å². The van der Waals surface area contributed by atoms with E-state index < -0.39 is 5.97 Å². The molecular weight excluding hydrogens is 242 g/mol. The molecule has 1 aromatic heterocycles. The number of aromatic nitrogens is 1. The quantitative estimate of drug-likeness (QED) is 0.774. The third-order valence-corrected chi connectivity index (χ3v) is 3.52. The average molecular weight is 257 g/mol. The number of rotatable bonds is 2. The molecule has 0 saturated heterocycles. The molecule has 4 nitrogen and oxygen atoms in total. The van der Waals surface area contributed by atoms with E-state index in [0.717, 1.165) is 23.7 Å². The zero-order valence-electron chi connectivity index (χ0n) is 10.8. The molecule has 1 aliphatic heterocycles. The maximum Gasteiger partial charge on any atom is 0.343 e. The van der Waals surface area contributed by atoms with Gasteiger partial charge >= 0.3 is 5.97 Å². The molecule has 4 heteroatoms. The summed E-state index contributed by atoms with van der Waals surface area (Å²) in [5, 5.41) is 0.930. The van der Waals surface area contributed by atoms with Crippen LogP contribution in [0.25, 0.3) is 10.9 Å². The average Bonchev–Trinajstić information content (AvgIpc) is 2.43. The summed E-state index contributed by atoms with van der Waals surface area (Å²) in [6.45, 7) is 2.68. The van der Waals surface area contributed by atoms with Crippen LogP contribution in [-0.4, -0.2) is 17.1 Å². The molecule has 0 bridgehead atoms. The Morgan fingerprint density at radius 1 is 1.42 bits per heavy atom. The molecular formula is C15H15NO3. The van der Waals surface area contributed by atoms with Gasteiger partial charge in [0.1, 0.15) is 5.56 Å². The second kappa shape index (κ2) is 4.53. The van der Waals surface area contributed by atoms with Crippen LogP contribution >= 0.6 is 0 Å². The lowest BCUT2D eigenvalue weighted by Crippen LogP contribution is -2.30. The molecule has 0 spiro atoms. The highest BCUT2D eigenvalue weighted by Crippen LogP contribution is 2.24. The zero-order valence-corrected chi connectivity index (χ0v) is 10.8. The number of hydrogen-bond donors (Lipinski definition) is 0. The van der Waals surface area contributed by atoms with Crippen LogP contribution in [0.5, 0.6) is 0 Å². The smallest absolute Gasteiger partial charge is 0.343 e. The number of benzene rings is 1. The van der Waals surface area contributed by atoms with Gasteiger partial charge in [0.15, 0.2) is 0 Å². The predicted octanol–water partition coefficient (Wildman–Crippen LogP) is 2.12. The number of hydrogen-bond acceptors (Lipinski definition) is 3. The topological polar surface area (TPSA) is 48.3 Å². The van der Waals surface area contributed by atoms with Gasteiger partial charge in [-0.2, -0.15) is 0 Å². The highest BCUT2D eigenvalue weighted by molar-refractivity contribution is 5.94. The van der Waals surface area contributed by atoms with Crippen molar-refractivity contribution < 1.29 is 9.53 Å². The van der Waals surface area contributed by atoms with E-state index in [4.69, 9.17) is 4.74 Å². The van der Waals surface area contributed by atoms with Crippen molar-refractivity contribution in [2.24, 2.45) is 0 Å². The molecule has 1 aromatic carbocycles. The molecule has 0 fully saturated rings. The lowest BCUT2D eigenvalue weighted by molar-refractivity contribution is 0.0524. The van der Waals surface area contributed by atoms with Crippen LogP contribution in [0.1, 0.15) is 29.3 Å². The van der Waals surface area contributed by atoms with E-state index in [9.17, 15) is 9.59 Å². The van der Waals surface area contributed by atoms with E-state index in [1.54, 1.807) is 17.6 Å². The summed E-state index contributed by atoms with van der Waals surface area (Å²) in [5.74, 6) is -0.533. The zero-order chi connectivity index (χ0) is 13.4. The Hall–Kier alpha value is -2.10. The third kappa shape index (κ3) is 1.84.